The smallest absolute Gasteiger partial charge is 0.243 e. The fraction of sp³-hybridized carbons (Fsp3) is 0.417. The quantitative estimate of drug-likeness (QED) is 0.684. The summed E-state index contributed by atoms with van der Waals surface area (Å²) in [6.07, 6.45) is 0. The number of hydrogen-bond acceptors (Lipinski definition) is 4. The first-order valence-corrected chi connectivity index (χ1v) is 8.29. The van der Waals surface area contributed by atoms with Crippen LogP contribution in [0.5, 0.6) is 0 Å². The van der Waals surface area contributed by atoms with E-state index in [2.05, 4.69) is 26.0 Å². The van der Waals surface area contributed by atoms with Crippen molar-refractivity contribution in [3.8, 4) is 0 Å². The average Bonchev–Trinajstić information content (AvgIpc) is 2.30. The van der Waals surface area contributed by atoms with Crippen molar-refractivity contribution >= 4 is 37.5 Å². The monoisotopic (exact) mass is 363 g/mol. The molecule has 0 heterocycles. The van der Waals surface area contributed by atoms with Crippen LogP contribution in [0.1, 0.15) is 20.8 Å². The predicted octanol–water partition coefficient (Wildman–Crippen LogP) is 1.22. The van der Waals surface area contributed by atoms with Gasteiger partial charge in [-0.1, -0.05) is 15.9 Å². The number of rotatable bonds is 5. The average molecular weight is 364 g/mol. The van der Waals surface area contributed by atoms with Gasteiger partial charge in [-0.05, 0) is 39.0 Å². The zero-order valence-electron chi connectivity index (χ0n) is 11.5. The molecule has 0 aliphatic carbocycles. The number of anilines is 1. The van der Waals surface area contributed by atoms with Crippen LogP contribution < -0.4 is 15.8 Å². The first-order chi connectivity index (χ1) is 9.13. The van der Waals surface area contributed by atoms with Gasteiger partial charge in [-0.2, -0.15) is 4.72 Å². The van der Waals surface area contributed by atoms with Crippen molar-refractivity contribution in [3.05, 3.63) is 22.7 Å². The highest BCUT2D eigenvalue weighted by Crippen LogP contribution is 2.23. The molecule has 1 aromatic rings. The minimum Gasteiger partial charge on any atom is -0.398 e. The highest BCUT2D eigenvalue weighted by Gasteiger charge is 2.24. The third-order valence-electron chi connectivity index (χ3n) is 2.42. The van der Waals surface area contributed by atoms with Gasteiger partial charge in [0.05, 0.1) is 11.7 Å². The minimum atomic E-state index is -3.86. The van der Waals surface area contributed by atoms with Gasteiger partial charge in [0.15, 0.2) is 0 Å². The van der Waals surface area contributed by atoms with Crippen LogP contribution in [-0.2, 0) is 14.8 Å². The summed E-state index contributed by atoms with van der Waals surface area (Å²) in [4.78, 5) is 11.7. The van der Waals surface area contributed by atoms with Crippen LogP contribution in [0, 0.1) is 0 Å². The van der Waals surface area contributed by atoms with Gasteiger partial charge in [0.1, 0.15) is 4.90 Å². The van der Waals surface area contributed by atoms with Gasteiger partial charge >= 0.3 is 0 Å². The van der Waals surface area contributed by atoms with Crippen molar-refractivity contribution in [1.29, 1.82) is 0 Å². The first kappa shape index (κ1) is 16.9. The van der Waals surface area contributed by atoms with E-state index in [1.165, 1.54) is 19.1 Å². The lowest BCUT2D eigenvalue weighted by atomic mass is 10.3. The van der Waals surface area contributed by atoms with E-state index in [0.29, 0.717) is 4.47 Å². The number of carbonyl (C=O) groups is 1. The Morgan fingerprint density at radius 1 is 1.30 bits per heavy atom. The summed E-state index contributed by atoms with van der Waals surface area (Å²) in [5.41, 5.74) is 5.79. The Labute approximate surface area is 127 Å². The Morgan fingerprint density at radius 3 is 2.45 bits per heavy atom. The van der Waals surface area contributed by atoms with Gasteiger partial charge in [-0.25, -0.2) is 8.42 Å². The topological polar surface area (TPSA) is 101 Å². The number of sulfonamides is 1. The molecule has 0 aliphatic rings. The number of amides is 1. The molecule has 112 valence electrons. The number of nitrogen functional groups attached to an aromatic ring is 1. The fourth-order valence-corrected chi connectivity index (χ4v) is 3.37. The van der Waals surface area contributed by atoms with Crippen molar-refractivity contribution in [1.82, 2.24) is 10.0 Å². The normalized spacial score (nSPS) is 13.2. The van der Waals surface area contributed by atoms with Crippen molar-refractivity contribution in [2.45, 2.75) is 37.8 Å². The van der Waals surface area contributed by atoms with Crippen LogP contribution in [0.3, 0.4) is 0 Å². The minimum absolute atomic E-state index is 0.0592. The van der Waals surface area contributed by atoms with Crippen LogP contribution in [0.4, 0.5) is 5.69 Å². The lowest BCUT2D eigenvalue weighted by Crippen LogP contribution is -2.46. The van der Waals surface area contributed by atoms with Gasteiger partial charge in [-0.3, -0.25) is 4.79 Å². The third-order valence-corrected chi connectivity index (χ3v) is 4.51. The summed E-state index contributed by atoms with van der Waals surface area (Å²) in [7, 11) is -3.86. The molecule has 0 spiro atoms. The highest BCUT2D eigenvalue weighted by molar-refractivity contribution is 9.10. The van der Waals surface area contributed by atoms with E-state index in [1.807, 2.05) is 0 Å². The van der Waals surface area contributed by atoms with Crippen LogP contribution >= 0.6 is 15.9 Å². The van der Waals surface area contributed by atoms with E-state index in [0.717, 1.165) is 0 Å². The van der Waals surface area contributed by atoms with Crippen LogP contribution in [0.15, 0.2) is 27.6 Å². The maximum absolute atomic E-state index is 12.2. The van der Waals surface area contributed by atoms with Crippen LogP contribution in [-0.4, -0.2) is 26.4 Å². The summed E-state index contributed by atoms with van der Waals surface area (Å²) in [6, 6.07) is 3.57. The molecule has 0 bridgehead atoms. The van der Waals surface area contributed by atoms with Crippen LogP contribution in [0.25, 0.3) is 0 Å². The second kappa shape index (κ2) is 6.55. The van der Waals surface area contributed by atoms with Gasteiger partial charge in [0.2, 0.25) is 15.9 Å². The maximum atomic E-state index is 12.2. The second-order valence-electron chi connectivity index (χ2n) is 4.69. The molecule has 20 heavy (non-hydrogen) atoms. The van der Waals surface area contributed by atoms with E-state index in [-0.39, 0.29) is 16.6 Å². The summed E-state index contributed by atoms with van der Waals surface area (Å²) in [6.45, 7) is 5.07. The Bertz CT molecular complexity index is 602. The summed E-state index contributed by atoms with van der Waals surface area (Å²) < 4.78 is 27.3. The molecular weight excluding hydrogens is 346 g/mol. The number of benzene rings is 1. The van der Waals surface area contributed by atoms with E-state index in [4.69, 9.17) is 5.73 Å². The van der Waals surface area contributed by atoms with Crippen molar-refractivity contribution in [3.63, 3.8) is 0 Å². The Morgan fingerprint density at radius 2 is 1.90 bits per heavy atom. The Kier molecular flexibility index (Phi) is 5.55. The van der Waals surface area contributed by atoms with Crippen molar-refractivity contribution in [2.24, 2.45) is 0 Å². The van der Waals surface area contributed by atoms with Crippen molar-refractivity contribution in [2.75, 3.05) is 5.73 Å². The molecule has 1 rings (SSSR count). The predicted molar refractivity (Wildman–Crippen MR) is 81.6 cm³/mol. The SMILES string of the molecule is CC(C)NC(=O)C(C)NS(=O)(=O)c1cc(Br)ccc1N. The molecule has 0 aromatic heterocycles. The molecular formula is C12H18BrN3O3S. The van der Waals surface area contributed by atoms with Gasteiger partial charge < -0.3 is 11.1 Å². The number of hydrogen-bond donors (Lipinski definition) is 3. The fourth-order valence-electron chi connectivity index (χ4n) is 1.50. The number of halogens is 1. The lowest BCUT2D eigenvalue weighted by Gasteiger charge is -2.17. The summed E-state index contributed by atoms with van der Waals surface area (Å²) in [5.74, 6) is -0.392. The van der Waals surface area contributed by atoms with Crippen LogP contribution in [0.2, 0.25) is 0 Å². The lowest BCUT2D eigenvalue weighted by molar-refractivity contribution is -0.122. The molecule has 8 heteroatoms. The molecule has 0 saturated carbocycles. The Hall–Kier alpha value is -1.12. The van der Waals surface area contributed by atoms with E-state index < -0.39 is 22.0 Å². The largest absolute Gasteiger partial charge is 0.398 e. The number of carbonyl (C=O) groups excluding carboxylic acids is 1. The first-order valence-electron chi connectivity index (χ1n) is 6.01. The maximum Gasteiger partial charge on any atom is 0.243 e. The molecule has 0 aliphatic heterocycles. The molecule has 1 unspecified atom stereocenters. The zero-order chi connectivity index (χ0) is 15.5. The highest BCUT2D eigenvalue weighted by atomic mass is 79.9. The molecule has 4 N–H and O–H groups in total. The van der Waals surface area contributed by atoms with E-state index in [1.54, 1.807) is 19.9 Å². The summed E-state index contributed by atoms with van der Waals surface area (Å²) >= 11 is 3.19. The van der Waals surface area contributed by atoms with Gasteiger partial charge in [0, 0.05) is 10.5 Å². The van der Waals surface area contributed by atoms with Gasteiger partial charge in [0.25, 0.3) is 0 Å². The Balaban J connectivity index is 2.95. The molecule has 0 radical (unpaired) electrons. The third kappa shape index (κ3) is 4.46. The molecule has 1 aromatic carbocycles. The van der Waals surface area contributed by atoms with E-state index in [9.17, 15) is 13.2 Å². The second-order valence-corrected chi connectivity index (χ2v) is 7.29. The van der Waals surface area contributed by atoms with E-state index >= 15 is 0 Å². The standard InChI is InChI=1S/C12H18BrN3O3S/c1-7(2)15-12(17)8(3)16-20(18,19)11-6-9(13)4-5-10(11)14/h4-8,16H,14H2,1-3H3,(H,15,17). The molecule has 1 amide bonds. The van der Waals surface area contributed by atoms with Crippen molar-refractivity contribution < 1.29 is 13.2 Å². The summed E-state index contributed by atoms with van der Waals surface area (Å²) in [5, 5.41) is 2.64. The molecule has 1 atom stereocenters. The molecule has 0 fully saturated rings. The molecule has 0 saturated heterocycles. The molecule has 6 nitrogen and oxygen atoms in total. The zero-order valence-corrected chi connectivity index (χ0v) is 13.9. The van der Waals surface area contributed by atoms with Gasteiger partial charge in [-0.15, -0.1) is 0 Å². The number of nitrogens with two attached hydrogens (primary N) is 1. The number of nitrogens with one attached hydrogen (secondary N) is 2.